The Morgan fingerprint density at radius 3 is 2.44 bits per heavy atom. The number of aromatic nitrogens is 1. The minimum atomic E-state index is -1.01. The summed E-state index contributed by atoms with van der Waals surface area (Å²) in [6.07, 6.45) is 3.13. The lowest BCUT2D eigenvalue weighted by Crippen LogP contribution is -2.01. The normalized spacial score (nSPS) is 11.3. The molecule has 0 atom stereocenters. The molecule has 0 aliphatic heterocycles. The van der Waals surface area contributed by atoms with Gasteiger partial charge in [0.15, 0.2) is 0 Å². The van der Waals surface area contributed by atoms with Crippen molar-refractivity contribution >= 4 is 29.2 Å². The molecule has 1 heterocycles. The molecular formula is C14H10ClNO2. The molecule has 3 nitrogen and oxygen atoms in total. The van der Waals surface area contributed by atoms with E-state index in [2.05, 4.69) is 4.98 Å². The highest BCUT2D eigenvalue weighted by atomic mass is 35.5. The minimum Gasteiger partial charge on any atom is -0.478 e. The Hall–Kier alpha value is -2.13. The molecule has 0 fully saturated rings. The highest BCUT2D eigenvalue weighted by Gasteiger charge is 2.11. The van der Waals surface area contributed by atoms with Crippen LogP contribution in [0.3, 0.4) is 0 Å². The van der Waals surface area contributed by atoms with E-state index < -0.39 is 5.97 Å². The van der Waals surface area contributed by atoms with E-state index in [1.807, 2.05) is 0 Å². The zero-order valence-corrected chi connectivity index (χ0v) is 10.1. The van der Waals surface area contributed by atoms with Gasteiger partial charge in [-0.25, -0.2) is 4.79 Å². The molecule has 0 saturated heterocycles. The van der Waals surface area contributed by atoms with Gasteiger partial charge in [-0.3, -0.25) is 4.98 Å². The van der Waals surface area contributed by atoms with Crippen LogP contribution in [0.25, 0.3) is 11.6 Å². The van der Waals surface area contributed by atoms with Crippen LogP contribution in [0.15, 0.2) is 48.7 Å². The number of nitrogens with zero attached hydrogens (tertiary/aromatic N) is 1. The van der Waals surface area contributed by atoms with Crippen molar-refractivity contribution in [2.45, 2.75) is 0 Å². The molecule has 0 radical (unpaired) electrons. The Bertz CT molecular complexity index is 577. The molecule has 2 rings (SSSR count). The van der Waals surface area contributed by atoms with Gasteiger partial charge in [-0.1, -0.05) is 29.8 Å². The predicted octanol–water partition coefficient (Wildman–Crippen LogP) is 3.36. The van der Waals surface area contributed by atoms with E-state index >= 15 is 0 Å². The first-order chi connectivity index (χ1) is 8.66. The van der Waals surface area contributed by atoms with Crippen molar-refractivity contribution in [2.75, 3.05) is 0 Å². The lowest BCUT2D eigenvalue weighted by atomic mass is 10.1. The summed E-state index contributed by atoms with van der Waals surface area (Å²) in [5.41, 5.74) is 1.35. The lowest BCUT2D eigenvalue weighted by Gasteiger charge is -2.02. The molecule has 1 aromatic heterocycles. The zero-order chi connectivity index (χ0) is 13.0. The maximum absolute atomic E-state index is 11.2. The molecule has 0 saturated carbocycles. The molecule has 1 aromatic carbocycles. The Kier molecular flexibility index (Phi) is 3.75. The van der Waals surface area contributed by atoms with E-state index in [4.69, 9.17) is 11.6 Å². The summed E-state index contributed by atoms with van der Waals surface area (Å²) in [4.78, 5) is 15.3. The average molecular weight is 260 g/mol. The van der Waals surface area contributed by atoms with E-state index in [9.17, 15) is 9.90 Å². The fourth-order valence-electron chi connectivity index (χ4n) is 1.49. The SMILES string of the molecule is O=C(O)/C(=C/c1ccc(Cl)cc1)c1ccccn1. The summed E-state index contributed by atoms with van der Waals surface area (Å²) in [6, 6.07) is 12.1. The van der Waals surface area contributed by atoms with E-state index in [1.165, 1.54) is 0 Å². The van der Waals surface area contributed by atoms with Crippen molar-refractivity contribution in [2.24, 2.45) is 0 Å². The molecule has 0 unspecified atom stereocenters. The van der Waals surface area contributed by atoms with E-state index in [0.29, 0.717) is 10.7 Å². The average Bonchev–Trinajstić information content (AvgIpc) is 2.38. The molecule has 0 aliphatic carbocycles. The first-order valence-electron chi connectivity index (χ1n) is 5.29. The summed E-state index contributed by atoms with van der Waals surface area (Å²) in [7, 11) is 0. The molecule has 18 heavy (non-hydrogen) atoms. The summed E-state index contributed by atoms with van der Waals surface area (Å²) < 4.78 is 0. The van der Waals surface area contributed by atoms with Crippen molar-refractivity contribution in [3.05, 3.63) is 64.9 Å². The van der Waals surface area contributed by atoms with Gasteiger partial charge in [0, 0.05) is 11.2 Å². The number of carbonyl (C=O) groups is 1. The van der Waals surface area contributed by atoms with Crippen molar-refractivity contribution in [3.63, 3.8) is 0 Å². The number of hydrogen-bond acceptors (Lipinski definition) is 2. The Balaban J connectivity index is 2.43. The quantitative estimate of drug-likeness (QED) is 0.860. The van der Waals surface area contributed by atoms with Crippen LogP contribution in [0, 0.1) is 0 Å². The number of carboxylic acid groups (broad SMARTS) is 1. The van der Waals surface area contributed by atoms with Crippen LogP contribution in [0.2, 0.25) is 5.02 Å². The molecule has 4 heteroatoms. The first kappa shape index (κ1) is 12.3. The fourth-order valence-corrected chi connectivity index (χ4v) is 1.62. The molecule has 0 spiro atoms. The fraction of sp³-hybridized carbons (Fsp3) is 0. The number of pyridine rings is 1. The van der Waals surface area contributed by atoms with Crippen molar-refractivity contribution in [3.8, 4) is 0 Å². The van der Waals surface area contributed by atoms with Crippen LogP contribution in [0.5, 0.6) is 0 Å². The van der Waals surface area contributed by atoms with Gasteiger partial charge in [0.2, 0.25) is 0 Å². The van der Waals surface area contributed by atoms with Gasteiger partial charge in [-0.15, -0.1) is 0 Å². The molecule has 0 aliphatic rings. The van der Waals surface area contributed by atoms with Crippen molar-refractivity contribution < 1.29 is 9.90 Å². The highest BCUT2D eigenvalue weighted by Crippen LogP contribution is 2.18. The number of aliphatic carboxylic acids is 1. The molecule has 0 bridgehead atoms. The van der Waals surface area contributed by atoms with Gasteiger partial charge in [0.05, 0.1) is 11.3 Å². The monoisotopic (exact) mass is 259 g/mol. The highest BCUT2D eigenvalue weighted by molar-refractivity contribution is 6.30. The first-order valence-corrected chi connectivity index (χ1v) is 5.66. The second kappa shape index (κ2) is 5.47. The van der Waals surface area contributed by atoms with Gasteiger partial charge >= 0.3 is 5.97 Å². The van der Waals surface area contributed by atoms with E-state index in [1.54, 1.807) is 54.7 Å². The van der Waals surface area contributed by atoms with Crippen LogP contribution in [-0.2, 0) is 4.79 Å². The molecule has 90 valence electrons. The second-order valence-corrected chi connectivity index (χ2v) is 4.07. The lowest BCUT2D eigenvalue weighted by molar-refractivity contribution is -0.130. The molecule has 1 N–H and O–H groups in total. The van der Waals surface area contributed by atoms with Crippen LogP contribution < -0.4 is 0 Å². The standard InChI is InChI=1S/C14H10ClNO2/c15-11-6-4-10(5-7-11)9-12(14(17)18)13-3-1-2-8-16-13/h1-9H,(H,17,18)/b12-9+. The van der Waals surface area contributed by atoms with Crippen LogP contribution >= 0.6 is 11.6 Å². The van der Waals surface area contributed by atoms with Gasteiger partial charge in [0.25, 0.3) is 0 Å². The van der Waals surface area contributed by atoms with Gasteiger partial charge in [-0.05, 0) is 35.9 Å². The number of rotatable bonds is 3. The summed E-state index contributed by atoms with van der Waals surface area (Å²) in [6.45, 7) is 0. The second-order valence-electron chi connectivity index (χ2n) is 3.63. The molecule has 0 amide bonds. The van der Waals surface area contributed by atoms with Crippen LogP contribution in [0.4, 0.5) is 0 Å². The topological polar surface area (TPSA) is 50.2 Å². The Morgan fingerprint density at radius 2 is 1.89 bits per heavy atom. The summed E-state index contributed by atoms with van der Waals surface area (Å²) in [5.74, 6) is -1.01. The van der Waals surface area contributed by atoms with Crippen molar-refractivity contribution in [1.29, 1.82) is 0 Å². The summed E-state index contributed by atoms with van der Waals surface area (Å²) in [5, 5.41) is 9.82. The smallest absolute Gasteiger partial charge is 0.337 e. The minimum absolute atomic E-state index is 0.151. The number of hydrogen-bond donors (Lipinski definition) is 1. The third-order valence-corrected chi connectivity index (χ3v) is 2.60. The maximum atomic E-state index is 11.2. The number of carboxylic acids is 1. The predicted molar refractivity (Wildman–Crippen MR) is 71.2 cm³/mol. The third kappa shape index (κ3) is 2.96. The zero-order valence-electron chi connectivity index (χ0n) is 9.38. The van der Waals surface area contributed by atoms with Crippen molar-refractivity contribution in [1.82, 2.24) is 4.98 Å². The molecule has 2 aromatic rings. The van der Waals surface area contributed by atoms with Crippen LogP contribution in [-0.4, -0.2) is 16.1 Å². The van der Waals surface area contributed by atoms with Gasteiger partial charge in [-0.2, -0.15) is 0 Å². The number of benzene rings is 1. The van der Waals surface area contributed by atoms with Gasteiger partial charge < -0.3 is 5.11 Å². The maximum Gasteiger partial charge on any atom is 0.337 e. The largest absolute Gasteiger partial charge is 0.478 e. The van der Waals surface area contributed by atoms with E-state index in [0.717, 1.165) is 5.56 Å². The van der Waals surface area contributed by atoms with Crippen LogP contribution in [0.1, 0.15) is 11.3 Å². The summed E-state index contributed by atoms with van der Waals surface area (Å²) >= 11 is 5.78. The van der Waals surface area contributed by atoms with Gasteiger partial charge in [0.1, 0.15) is 0 Å². The molecular weight excluding hydrogens is 250 g/mol. The van der Waals surface area contributed by atoms with E-state index in [-0.39, 0.29) is 5.57 Å². The third-order valence-electron chi connectivity index (χ3n) is 2.35. The Labute approximate surface area is 109 Å². The number of halogens is 1. The Morgan fingerprint density at radius 1 is 1.17 bits per heavy atom.